The fraction of sp³-hybridized carbons (Fsp3) is 0.167. The second-order valence-corrected chi connectivity index (χ2v) is 5.99. The Morgan fingerprint density at radius 1 is 1.08 bits per heavy atom. The van der Waals surface area contributed by atoms with Crippen LogP contribution >= 0.6 is 11.6 Å². The van der Waals surface area contributed by atoms with E-state index in [1.54, 1.807) is 6.20 Å². The van der Waals surface area contributed by atoms with Gasteiger partial charge in [0, 0.05) is 36.3 Å². The number of nitrogens with one attached hydrogen (secondary N) is 1. The molecule has 4 rings (SSSR count). The van der Waals surface area contributed by atoms with E-state index in [4.69, 9.17) is 11.6 Å². The maximum absolute atomic E-state index is 6.19. The Bertz CT molecular complexity index is 990. The summed E-state index contributed by atoms with van der Waals surface area (Å²) in [6.07, 6.45) is 8.20. The number of benzene rings is 1. The third-order valence-corrected chi connectivity index (χ3v) is 4.34. The first-order valence-corrected chi connectivity index (χ1v) is 8.23. The molecule has 1 N–H and O–H groups in total. The third kappa shape index (κ3) is 2.78. The molecule has 0 aliphatic carbocycles. The van der Waals surface area contributed by atoms with E-state index in [9.17, 15) is 0 Å². The highest BCUT2D eigenvalue weighted by Crippen LogP contribution is 2.23. The number of fused-ring (bicyclic) bond motifs is 2. The van der Waals surface area contributed by atoms with Gasteiger partial charge in [-0.1, -0.05) is 17.7 Å². The highest BCUT2D eigenvalue weighted by molar-refractivity contribution is 6.35. The normalized spacial score (nSPS) is 11.2. The Hall–Kier alpha value is -2.66. The smallest absolute Gasteiger partial charge is 0.0964 e. The summed E-state index contributed by atoms with van der Waals surface area (Å²) in [5, 5.41) is 10.6. The lowest BCUT2D eigenvalue weighted by molar-refractivity contribution is 0.610. The van der Waals surface area contributed by atoms with Crippen molar-refractivity contribution in [3.63, 3.8) is 0 Å². The summed E-state index contributed by atoms with van der Waals surface area (Å²) in [5.41, 5.74) is 2.97. The summed E-state index contributed by atoms with van der Waals surface area (Å²) in [4.78, 5) is 8.68. The van der Waals surface area contributed by atoms with Gasteiger partial charge in [-0.3, -0.25) is 14.6 Å². The van der Waals surface area contributed by atoms with E-state index < -0.39 is 0 Å². The second kappa shape index (κ2) is 6.45. The molecular weight excluding hydrogens is 322 g/mol. The average Bonchev–Trinajstić information content (AvgIpc) is 3.03. The number of hydrogen-bond acceptors (Lipinski definition) is 4. The second-order valence-electron chi connectivity index (χ2n) is 5.58. The minimum absolute atomic E-state index is 0.741. The molecule has 0 fully saturated rings. The lowest BCUT2D eigenvalue weighted by Crippen LogP contribution is -2.08. The molecule has 6 heteroatoms. The molecule has 0 radical (unpaired) electrons. The van der Waals surface area contributed by atoms with Gasteiger partial charge >= 0.3 is 0 Å². The largest absolute Gasteiger partial charge is 0.382 e. The van der Waals surface area contributed by atoms with E-state index >= 15 is 0 Å². The fourth-order valence-corrected chi connectivity index (χ4v) is 3.05. The van der Waals surface area contributed by atoms with Crippen molar-refractivity contribution < 1.29 is 0 Å². The third-order valence-electron chi connectivity index (χ3n) is 4.01. The van der Waals surface area contributed by atoms with Gasteiger partial charge in [0.05, 0.1) is 34.1 Å². The number of pyridine rings is 2. The molecule has 0 aliphatic heterocycles. The number of halogens is 1. The van der Waals surface area contributed by atoms with E-state index in [-0.39, 0.29) is 0 Å². The van der Waals surface area contributed by atoms with Crippen LogP contribution in [0.15, 0.2) is 55.1 Å². The summed E-state index contributed by atoms with van der Waals surface area (Å²) < 4.78 is 1.99. The number of rotatable bonds is 5. The predicted octanol–water partition coefficient (Wildman–Crippen LogP) is 4.14. The van der Waals surface area contributed by atoms with Crippen LogP contribution in [0.4, 0.5) is 5.69 Å². The van der Waals surface area contributed by atoms with Gasteiger partial charge in [-0.05, 0) is 30.7 Å². The van der Waals surface area contributed by atoms with Crippen LogP contribution in [-0.2, 0) is 6.54 Å². The molecule has 120 valence electrons. The summed E-state index contributed by atoms with van der Waals surface area (Å²) >= 11 is 6.19. The monoisotopic (exact) mass is 337 g/mol. The Morgan fingerprint density at radius 2 is 2.04 bits per heavy atom. The molecule has 0 atom stereocenters. The Kier molecular flexibility index (Phi) is 4.01. The van der Waals surface area contributed by atoms with Crippen LogP contribution in [0.5, 0.6) is 0 Å². The molecule has 0 saturated heterocycles. The average molecular weight is 338 g/mol. The van der Waals surface area contributed by atoms with E-state index in [1.807, 2.05) is 53.6 Å². The minimum Gasteiger partial charge on any atom is -0.382 e. The van der Waals surface area contributed by atoms with Crippen molar-refractivity contribution in [2.24, 2.45) is 0 Å². The molecule has 3 heterocycles. The first-order chi connectivity index (χ1) is 11.8. The number of nitrogens with zero attached hydrogens (tertiary/aromatic N) is 4. The highest BCUT2D eigenvalue weighted by Gasteiger charge is 2.06. The molecular formula is C18H16ClN5. The van der Waals surface area contributed by atoms with Gasteiger partial charge in [0.25, 0.3) is 0 Å². The zero-order valence-corrected chi connectivity index (χ0v) is 13.7. The van der Waals surface area contributed by atoms with E-state index in [1.165, 1.54) is 0 Å². The molecule has 0 amide bonds. The minimum atomic E-state index is 0.741. The van der Waals surface area contributed by atoms with Crippen molar-refractivity contribution in [1.82, 2.24) is 19.7 Å². The van der Waals surface area contributed by atoms with Gasteiger partial charge in [-0.2, -0.15) is 5.10 Å². The molecule has 0 aliphatic rings. The molecule has 4 aromatic rings. The van der Waals surface area contributed by atoms with Crippen LogP contribution in [0.25, 0.3) is 21.8 Å². The summed E-state index contributed by atoms with van der Waals surface area (Å²) in [6, 6.07) is 9.81. The maximum Gasteiger partial charge on any atom is 0.0964 e. The fourth-order valence-electron chi connectivity index (χ4n) is 2.83. The van der Waals surface area contributed by atoms with Crippen LogP contribution in [-0.4, -0.2) is 26.3 Å². The van der Waals surface area contributed by atoms with Crippen molar-refractivity contribution in [2.45, 2.75) is 13.0 Å². The van der Waals surface area contributed by atoms with Gasteiger partial charge in [0.2, 0.25) is 0 Å². The van der Waals surface area contributed by atoms with Gasteiger partial charge in [0.15, 0.2) is 0 Å². The molecule has 3 aromatic heterocycles. The van der Waals surface area contributed by atoms with Crippen molar-refractivity contribution in [3.8, 4) is 0 Å². The quantitative estimate of drug-likeness (QED) is 0.556. The molecule has 0 saturated carbocycles. The molecule has 0 unspecified atom stereocenters. The molecule has 0 spiro atoms. The predicted molar refractivity (Wildman–Crippen MR) is 97.4 cm³/mol. The van der Waals surface area contributed by atoms with Crippen molar-refractivity contribution >= 4 is 39.1 Å². The number of aromatic nitrogens is 4. The first-order valence-electron chi connectivity index (χ1n) is 7.85. The maximum atomic E-state index is 6.19. The van der Waals surface area contributed by atoms with E-state index in [0.717, 1.165) is 52.0 Å². The van der Waals surface area contributed by atoms with Crippen LogP contribution in [0.1, 0.15) is 6.42 Å². The topological polar surface area (TPSA) is 55.6 Å². The number of hydrogen-bond donors (Lipinski definition) is 1. The van der Waals surface area contributed by atoms with Gasteiger partial charge in [-0.25, -0.2) is 0 Å². The van der Waals surface area contributed by atoms with Gasteiger partial charge in [-0.15, -0.1) is 0 Å². The van der Waals surface area contributed by atoms with Gasteiger partial charge < -0.3 is 5.32 Å². The van der Waals surface area contributed by atoms with Crippen LogP contribution in [0, 0.1) is 0 Å². The zero-order chi connectivity index (χ0) is 16.4. The zero-order valence-electron chi connectivity index (χ0n) is 13.0. The van der Waals surface area contributed by atoms with Crippen LogP contribution < -0.4 is 5.32 Å². The summed E-state index contributed by atoms with van der Waals surface area (Å²) in [7, 11) is 0. The standard InChI is InChI=1S/C18H16ClN5/c19-15-5-1-6-17-14(15)11-23-24(17)9-3-8-21-16-12-20-10-13-4-2-7-22-18(13)16/h1-2,4-7,10-12,21H,3,8-9H2. The van der Waals surface area contributed by atoms with Crippen molar-refractivity contribution in [2.75, 3.05) is 11.9 Å². The van der Waals surface area contributed by atoms with Crippen molar-refractivity contribution in [3.05, 3.63) is 60.1 Å². The lowest BCUT2D eigenvalue weighted by atomic mass is 10.2. The molecule has 0 bridgehead atoms. The van der Waals surface area contributed by atoms with E-state index in [0.29, 0.717) is 0 Å². The molecule has 5 nitrogen and oxygen atoms in total. The Labute approximate surface area is 144 Å². The Morgan fingerprint density at radius 3 is 3.00 bits per heavy atom. The highest BCUT2D eigenvalue weighted by atomic mass is 35.5. The van der Waals surface area contributed by atoms with Crippen LogP contribution in [0.3, 0.4) is 0 Å². The van der Waals surface area contributed by atoms with Crippen molar-refractivity contribution in [1.29, 1.82) is 0 Å². The number of anilines is 1. The van der Waals surface area contributed by atoms with Gasteiger partial charge in [0.1, 0.15) is 0 Å². The first kappa shape index (κ1) is 14.9. The van der Waals surface area contributed by atoms with E-state index in [2.05, 4.69) is 20.4 Å². The Balaban J connectivity index is 1.43. The van der Waals surface area contributed by atoms with Crippen LogP contribution in [0.2, 0.25) is 5.02 Å². The summed E-state index contributed by atoms with van der Waals surface area (Å²) in [6.45, 7) is 1.64. The SMILES string of the molecule is Clc1cccc2c1cnn2CCCNc1cncc2cccnc12. The lowest BCUT2D eigenvalue weighted by Gasteiger charge is -2.09. The summed E-state index contributed by atoms with van der Waals surface area (Å²) in [5.74, 6) is 0. The molecule has 24 heavy (non-hydrogen) atoms. The molecule has 1 aromatic carbocycles. The number of aryl methyl sites for hydroxylation is 1.